The lowest BCUT2D eigenvalue weighted by Gasteiger charge is -2.23. The molecule has 0 nitrogen and oxygen atoms in total. The van der Waals surface area contributed by atoms with Crippen LogP contribution in [0.1, 0.15) is 26.3 Å². The summed E-state index contributed by atoms with van der Waals surface area (Å²) in [5, 5.41) is 0. The van der Waals surface area contributed by atoms with Gasteiger partial charge in [-0.15, -0.1) is 0 Å². The van der Waals surface area contributed by atoms with Gasteiger partial charge in [-0.2, -0.15) is 0 Å². The zero-order valence-electron chi connectivity index (χ0n) is 10.5. The molecule has 17 heavy (non-hydrogen) atoms. The molecule has 0 radical (unpaired) electrons. The molecule has 0 saturated heterocycles. The van der Waals surface area contributed by atoms with Gasteiger partial charge >= 0.3 is 0 Å². The van der Waals surface area contributed by atoms with Crippen LogP contribution in [0.3, 0.4) is 0 Å². The van der Waals surface area contributed by atoms with E-state index in [2.05, 4.69) is 85.2 Å². The molecular weight excluding hydrogens is 272 g/mol. The van der Waals surface area contributed by atoms with Crippen LogP contribution in [0.25, 0.3) is 11.1 Å². The molecule has 0 unspecified atom stereocenters. The monoisotopic (exact) mass is 288 g/mol. The molecule has 0 atom stereocenters. The van der Waals surface area contributed by atoms with Gasteiger partial charge in [0.1, 0.15) is 0 Å². The Morgan fingerprint density at radius 2 is 1.41 bits per heavy atom. The maximum atomic E-state index is 3.48. The van der Waals surface area contributed by atoms with E-state index in [4.69, 9.17) is 0 Å². The Kier molecular flexibility index (Phi) is 3.39. The molecule has 1 heteroatoms. The standard InChI is InChI=1S/C16H17Br/c1-16(2,3)15-7-5-4-6-14(15)12-8-10-13(17)11-9-12/h4-11H,1-3H3. The highest BCUT2D eigenvalue weighted by Crippen LogP contribution is 2.33. The minimum absolute atomic E-state index is 0.170. The third kappa shape index (κ3) is 2.78. The number of benzene rings is 2. The number of rotatable bonds is 1. The van der Waals surface area contributed by atoms with E-state index in [1.807, 2.05) is 0 Å². The molecule has 0 aromatic heterocycles. The third-order valence-electron chi connectivity index (χ3n) is 2.89. The summed E-state index contributed by atoms with van der Waals surface area (Å²) in [6, 6.07) is 17.1. The van der Waals surface area contributed by atoms with Gasteiger partial charge in [0.15, 0.2) is 0 Å². The number of hydrogen-bond donors (Lipinski definition) is 0. The van der Waals surface area contributed by atoms with Crippen molar-refractivity contribution in [3.05, 3.63) is 58.6 Å². The fourth-order valence-electron chi connectivity index (χ4n) is 2.02. The largest absolute Gasteiger partial charge is 0.0619 e. The molecule has 0 fully saturated rings. The second kappa shape index (κ2) is 4.66. The van der Waals surface area contributed by atoms with Crippen LogP contribution in [0.2, 0.25) is 0 Å². The van der Waals surface area contributed by atoms with Crippen molar-refractivity contribution in [2.75, 3.05) is 0 Å². The van der Waals surface area contributed by atoms with E-state index in [0.717, 1.165) is 4.47 Å². The SMILES string of the molecule is CC(C)(C)c1ccccc1-c1ccc(Br)cc1. The second-order valence-corrected chi connectivity index (χ2v) is 6.22. The molecule has 2 aromatic carbocycles. The fraction of sp³-hybridized carbons (Fsp3) is 0.250. The zero-order chi connectivity index (χ0) is 12.5. The quantitative estimate of drug-likeness (QED) is 0.658. The zero-order valence-corrected chi connectivity index (χ0v) is 12.1. The molecule has 0 N–H and O–H groups in total. The van der Waals surface area contributed by atoms with Crippen LogP contribution in [0, 0.1) is 0 Å². The molecule has 0 aliphatic heterocycles. The highest BCUT2D eigenvalue weighted by Gasteiger charge is 2.17. The third-order valence-corrected chi connectivity index (χ3v) is 3.42. The lowest BCUT2D eigenvalue weighted by atomic mass is 9.82. The minimum Gasteiger partial charge on any atom is -0.0619 e. The van der Waals surface area contributed by atoms with Gasteiger partial charge in [-0.3, -0.25) is 0 Å². The van der Waals surface area contributed by atoms with Crippen molar-refractivity contribution in [3.63, 3.8) is 0 Å². The van der Waals surface area contributed by atoms with Crippen molar-refractivity contribution in [3.8, 4) is 11.1 Å². The average Bonchev–Trinajstić information content (AvgIpc) is 2.29. The van der Waals surface area contributed by atoms with Crippen molar-refractivity contribution in [2.24, 2.45) is 0 Å². The van der Waals surface area contributed by atoms with Gasteiger partial charge in [-0.05, 0) is 34.2 Å². The van der Waals surface area contributed by atoms with E-state index in [-0.39, 0.29) is 5.41 Å². The van der Waals surface area contributed by atoms with Crippen molar-refractivity contribution < 1.29 is 0 Å². The highest BCUT2D eigenvalue weighted by molar-refractivity contribution is 9.10. The first-order chi connectivity index (χ1) is 7.98. The molecule has 88 valence electrons. The average molecular weight is 289 g/mol. The van der Waals surface area contributed by atoms with E-state index >= 15 is 0 Å². The Morgan fingerprint density at radius 3 is 2.00 bits per heavy atom. The predicted molar refractivity (Wildman–Crippen MR) is 78.3 cm³/mol. The summed E-state index contributed by atoms with van der Waals surface area (Å²) in [7, 11) is 0. The van der Waals surface area contributed by atoms with E-state index in [1.54, 1.807) is 0 Å². The second-order valence-electron chi connectivity index (χ2n) is 5.30. The number of halogens is 1. The van der Waals surface area contributed by atoms with E-state index in [0.29, 0.717) is 0 Å². The van der Waals surface area contributed by atoms with Crippen LogP contribution >= 0.6 is 15.9 Å². The highest BCUT2D eigenvalue weighted by atomic mass is 79.9. The Labute approximate surface area is 112 Å². The Hall–Kier alpha value is -1.08. The first-order valence-corrected chi connectivity index (χ1v) is 6.63. The molecule has 0 amide bonds. The molecule has 0 saturated carbocycles. The van der Waals surface area contributed by atoms with E-state index in [1.165, 1.54) is 16.7 Å². The van der Waals surface area contributed by atoms with Crippen molar-refractivity contribution in [2.45, 2.75) is 26.2 Å². The summed E-state index contributed by atoms with van der Waals surface area (Å²) in [6.07, 6.45) is 0. The van der Waals surface area contributed by atoms with Crippen LogP contribution in [0.15, 0.2) is 53.0 Å². The molecular formula is C16H17Br. The van der Waals surface area contributed by atoms with Gasteiger partial charge in [0, 0.05) is 4.47 Å². The van der Waals surface area contributed by atoms with Gasteiger partial charge in [0.05, 0.1) is 0 Å². The molecule has 2 rings (SSSR count). The van der Waals surface area contributed by atoms with Crippen molar-refractivity contribution >= 4 is 15.9 Å². The van der Waals surface area contributed by atoms with Crippen LogP contribution in [-0.2, 0) is 5.41 Å². The van der Waals surface area contributed by atoms with Gasteiger partial charge in [0.2, 0.25) is 0 Å². The van der Waals surface area contributed by atoms with E-state index in [9.17, 15) is 0 Å². The maximum absolute atomic E-state index is 3.48. The maximum Gasteiger partial charge on any atom is 0.0175 e. The lowest BCUT2D eigenvalue weighted by Crippen LogP contribution is -2.12. The van der Waals surface area contributed by atoms with Gasteiger partial charge in [-0.25, -0.2) is 0 Å². The first kappa shape index (κ1) is 12.4. The topological polar surface area (TPSA) is 0 Å². The first-order valence-electron chi connectivity index (χ1n) is 5.84. The van der Waals surface area contributed by atoms with Crippen molar-refractivity contribution in [1.29, 1.82) is 0 Å². The summed E-state index contributed by atoms with van der Waals surface area (Å²) in [6.45, 7) is 6.76. The van der Waals surface area contributed by atoms with Crippen LogP contribution < -0.4 is 0 Å². The molecule has 2 aromatic rings. The normalized spacial score (nSPS) is 11.5. The molecule has 0 heterocycles. The van der Waals surface area contributed by atoms with Crippen molar-refractivity contribution in [1.82, 2.24) is 0 Å². The van der Waals surface area contributed by atoms with Gasteiger partial charge in [-0.1, -0.05) is 73.1 Å². The summed E-state index contributed by atoms with van der Waals surface area (Å²) < 4.78 is 1.12. The van der Waals surface area contributed by atoms with Gasteiger partial charge in [0.25, 0.3) is 0 Å². The Morgan fingerprint density at radius 1 is 0.824 bits per heavy atom. The molecule has 0 aliphatic carbocycles. The molecule has 0 spiro atoms. The fourth-order valence-corrected chi connectivity index (χ4v) is 2.28. The van der Waals surface area contributed by atoms with Gasteiger partial charge < -0.3 is 0 Å². The van der Waals surface area contributed by atoms with E-state index < -0.39 is 0 Å². The summed E-state index contributed by atoms with van der Waals surface area (Å²) in [4.78, 5) is 0. The van der Waals surface area contributed by atoms with Crippen LogP contribution in [0.4, 0.5) is 0 Å². The summed E-state index contributed by atoms with van der Waals surface area (Å²) >= 11 is 3.48. The Bertz CT molecular complexity index is 504. The minimum atomic E-state index is 0.170. The predicted octanol–water partition coefficient (Wildman–Crippen LogP) is 5.41. The van der Waals surface area contributed by atoms with Crippen LogP contribution in [0.5, 0.6) is 0 Å². The summed E-state index contributed by atoms with van der Waals surface area (Å²) in [5.74, 6) is 0. The molecule has 0 aliphatic rings. The smallest absolute Gasteiger partial charge is 0.0175 e. The number of hydrogen-bond acceptors (Lipinski definition) is 0. The summed E-state index contributed by atoms with van der Waals surface area (Å²) in [5.41, 5.74) is 4.16. The Balaban J connectivity index is 2.56. The molecule has 0 bridgehead atoms. The lowest BCUT2D eigenvalue weighted by molar-refractivity contribution is 0.592. The van der Waals surface area contributed by atoms with Crippen LogP contribution in [-0.4, -0.2) is 0 Å².